The number of nitrogens with one attached hydrogen (secondary N) is 1. The van der Waals surface area contributed by atoms with E-state index in [1.165, 1.54) is 11.1 Å². The maximum atomic E-state index is 13.1. The summed E-state index contributed by atoms with van der Waals surface area (Å²) in [6.45, 7) is 5.80. The Labute approximate surface area is 204 Å². The normalized spacial score (nSPS) is 15.7. The van der Waals surface area contributed by atoms with Crippen molar-refractivity contribution >= 4 is 22.4 Å². The van der Waals surface area contributed by atoms with Crippen molar-refractivity contribution in [2.45, 2.75) is 51.8 Å². The molecule has 1 aliphatic carbocycles. The molecule has 0 saturated carbocycles. The molecule has 0 spiro atoms. The minimum Gasteiger partial charge on any atom is -0.384 e. The molecule has 5 rings (SSSR count). The predicted octanol–water partition coefficient (Wildman–Crippen LogP) is 3.60. The zero-order valence-electron chi connectivity index (χ0n) is 20.9. The van der Waals surface area contributed by atoms with Gasteiger partial charge in [0, 0.05) is 30.5 Å². The number of anilines is 2. The Hall–Kier alpha value is -3.49. The van der Waals surface area contributed by atoms with E-state index in [1.807, 2.05) is 29.8 Å². The Morgan fingerprint density at radius 2 is 1.91 bits per heavy atom. The number of hydrogen-bond acceptors (Lipinski definition) is 6. The highest BCUT2D eigenvalue weighted by molar-refractivity contribution is 5.82. The van der Waals surface area contributed by atoms with Crippen LogP contribution in [0, 0.1) is 0 Å². The zero-order valence-corrected chi connectivity index (χ0v) is 20.9. The molecule has 4 aromatic rings. The summed E-state index contributed by atoms with van der Waals surface area (Å²) in [4.78, 5) is 24.6. The van der Waals surface area contributed by atoms with Crippen LogP contribution >= 0.6 is 0 Å². The van der Waals surface area contributed by atoms with E-state index in [4.69, 9.17) is 0 Å². The first-order chi connectivity index (χ1) is 16.7. The van der Waals surface area contributed by atoms with Crippen LogP contribution in [0.15, 0.2) is 53.5 Å². The molecule has 0 fully saturated rings. The van der Waals surface area contributed by atoms with E-state index in [-0.39, 0.29) is 5.56 Å². The van der Waals surface area contributed by atoms with Crippen LogP contribution in [0.2, 0.25) is 0 Å². The van der Waals surface area contributed by atoms with Gasteiger partial charge in [0.15, 0.2) is 5.82 Å². The average Bonchev–Trinajstić information content (AvgIpc) is 3.37. The average molecular weight is 473 g/mol. The van der Waals surface area contributed by atoms with Crippen LogP contribution < -0.4 is 10.9 Å². The molecule has 0 aliphatic heterocycles. The molecule has 2 N–H and O–H groups in total. The van der Waals surface area contributed by atoms with E-state index in [1.54, 1.807) is 30.8 Å². The third-order valence-corrected chi connectivity index (χ3v) is 6.81. The smallest absolute Gasteiger partial charge is 0.276 e. The minimum absolute atomic E-state index is 0.121. The number of fused-ring (bicyclic) bond motifs is 2. The summed E-state index contributed by atoms with van der Waals surface area (Å²) < 4.78 is 3.45. The Morgan fingerprint density at radius 3 is 2.63 bits per heavy atom. The number of nitrogens with zero attached hydrogens (tertiary/aromatic N) is 5. The summed E-state index contributed by atoms with van der Waals surface area (Å²) in [6, 6.07) is 14.4. The molecule has 1 unspecified atom stereocenters. The van der Waals surface area contributed by atoms with Gasteiger partial charge in [0.05, 0.1) is 16.6 Å². The van der Waals surface area contributed by atoms with Gasteiger partial charge in [0.1, 0.15) is 11.4 Å². The topological polar surface area (TPSA) is 88.2 Å². The van der Waals surface area contributed by atoms with Gasteiger partial charge in [-0.15, -0.1) is 0 Å². The molecule has 3 aromatic heterocycles. The lowest BCUT2D eigenvalue weighted by molar-refractivity contribution is 0.0738. The van der Waals surface area contributed by atoms with Crippen LogP contribution in [0.3, 0.4) is 0 Å². The summed E-state index contributed by atoms with van der Waals surface area (Å²) in [5.41, 5.74) is 3.76. The van der Waals surface area contributed by atoms with Crippen LogP contribution in [0.4, 0.5) is 11.5 Å². The Kier molecular flexibility index (Phi) is 5.73. The molecule has 8 heteroatoms. The second kappa shape index (κ2) is 8.62. The van der Waals surface area contributed by atoms with Gasteiger partial charge in [-0.05, 0) is 83.1 Å². The first-order valence-electron chi connectivity index (χ1n) is 12.0. The third kappa shape index (κ3) is 4.24. The number of rotatable bonds is 6. The highest BCUT2D eigenvalue weighted by Crippen LogP contribution is 2.29. The SMILES string of the molecule is CCn1c(=O)c2cnc(Nc3ccc4c(c3)CC(N(C)C)C4)cc2n1-c1cccc(C(C)(C)O)n1. The Balaban J connectivity index is 1.55. The van der Waals surface area contributed by atoms with E-state index in [9.17, 15) is 9.90 Å². The number of likely N-dealkylation sites (N-methyl/N-ethyl adjacent to an activating group) is 1. The molecule has 1 aromatic carbocycles. The maximum absolute atomic E-state index is 13.1. The van der Waals surface area contributed by atoms with Crippen LogP contribution in [-0.4, -0.2) is 49.5 Å². The highest BCUT2D eigenvalue weighted by atomic mass is 16.3. The van der Waals surface area contributed by atoms with Crippen molar-refractivity contribution in [2.24, 2.45) is 0 Å². The van der Waals surface area contributed by atoms with Crippen LogP contribution in [-0.2, 0) is 25.0 Å². The lowest BCUT2D eigenvalue weighted by atomic mass is 10.1. The zero-order chi connectivity index (χ0) is 24.9. The molecule has 0 amide bonds. The Morgan fingerprint density at radius 1 is 1.14 bits per heavy atom. The second-order valence-corrected chi connectivity index (χ2v) is 9.99. The summed E-state index contributed by atoms with van der Waals surface area (Å²) in [6.07, 6.45) is 3.73. The first-order valence-corrected chi connectivity index (χ1v) is 12.0. The number of benzene rings is 1. The summed E-state index contributed by atoms with van der Waals surface area (Å²) in [5.74, 6) is 1.23. The van der Waals surface area contributed by atoms with Crippen LogP contribution in [0.5, 0.6) is 0 Å². The molecule has 3 heterocycles. The van der Waals surface area contributed by atoms with Crippen molar-refractivity contribution in [1.29, 1.82) is 0 Å². The van der Waals surface area contributed by atoms with Crippen LogP contribution in [0.25, 0.3) is 16.7 Å². The summed E-state index contributed by atoms with van der Waals surface area (Å²) >= 11 is 0. The van der Waals surface area contributed by atoms with E-state index < -0.39 is 5.60 Å². The lowest BCUT2D eigenvalue weighted by Gasteiger charge is -2.18. The van der Waals surface area contributed by atoms with Gasteiger partial charge in [-0.25, -0.2) is 19.3 Å². The predicted molar refractivity (Wildman–Crippen MR) is 139 cm³/mol. The molecule has 0 saturated heterocycles. The van der Waals surface area contributed by atoms with E-state index >= 15 is 0 Å². The monoisotopic (exact) mass is 472 g/mol. The van der Waals surface area contributed by atoms with Gasteiger partial charge in [0.2, 0.25) is 0 Å². The van der Waals surface area contributed by atoms with Gasteiger partial charge < -0.3 is 15.3 Å². The number of hydrogen-bond donors (Lipinski definition) is 2. The van der Waals surface area contributed by atoms with Crippen molar-refractivity contribution in [1.82, 2.24) is 24.2 Å². The number of aliphatic hydroxyl groups is 1. The molecule has 1 aliphatic rings. The fourth-order valence-corrected chi connectivity index (χ4v) is 4.81. The Bertz CT molecular complexity index is 1460. The molecular formula is C27H32N6O2. The van der Waals surface area contributed by atoms with Crippen molar-refractivity contribution in [3.63, 3.8) is 0 Å². The van der Waals surface area contributed by atoms with E-state index in [0.717, 1.165) is 18.5 Å². The number of pyridine rings is 2. The first kappa shape index (κ1) is 23.3. The molecule has 35 heavy (non-hydrogen) atoms. The third-order valence-electron chi connectivity index (χ3n) is 6.81. The van der Waals surface area contributed by atoms with Gasteiger partial charge in [0.25, 0.3) is 5.56 Å². The van der Waals surface area contributed by atoms with Gasteiger partial charge in [-0.3, -0.25) is 4.79 Å². The largest absolute Gasteiger partial charge is 0.384 e. The van der Waals surface area contributed by atoms with Gasteiger partial charge in [-0.2, -0.15) is 0 Å². The minimum atomic E-state index is -1.09. The van der Waals surface area contributed by atoms with Crippen molar-refractivity contribution in [3.05, 3.63) is 75.8 Å². The second-order valence-electron chi connectivity index (χ2n) is 9.99. The fraction of sp³-hybridized carbons (Fsp3) is 0.370. The van der Waals surface area contributed by atoms with E-state index in [2.05, 4.69) is 52.5 Å². The standard InChI is InChI=1S/C27H32N6O2/c1-6-32-26(34)21-16-28-24(29-19-11-10-17-13-20(31(4)5)14-18(17)12-19)15-22(21)33(32)25-9-7-8-23(30-25)27(2,3)35/h7-12,15-16,20,35H,6,13-14H2,1-5H3,(H,28,29). The molecule has 0 bridgehead atoms. The molecule has 8 nitrogen and oxygen atoms in total. The molecule has 182 valence electrons. The number of aromatic nitrogens is 4. The van der Waals surface area contributed by atoms with Crippen molar-refractivity contribution < 1.29 is 5.11 Å². The molecule has 0 radical (unpaired) electrons. The quantitative estimate of drug-likeness (QED) is 0.446. The molecule has 1 atom stereocenters. The van der Waals surface area contributed by atoms with Crippen molar-refractivity contribution in [2.75, 3.05) is 19.4 Å². The highest BCUT2D eigenvalue weighted by Gasteiger charge is 2.24. The fourth-order valence-electron chi connectivity index (χ4n) is 4.81. The summed E-state index contributed by atoms with van der Waals surface area (Å²) in [7, 11) is 4.26. The van der Waals surface area contributed by atoms with Crippen LogP contribution in [0.1, 0.15) is 37.6 Å². The lowest BCUT2D eigenvalue weighted by Crippen LogP contribution is -2.27. The summed E-state index contributed by atoms with van der Waals surface area (Å²) in [5, 5.41) is 14.4. The van der Waals surface area contributed by atoms with Crippen molar-refractivity contribution in [3.8, 4) is 5.82 Å². The maximum Gasteiger partial charge on any atom is 0.276 e. The van der Waals surface area contributed by atoms with Gasteiger partial charge in [-0.1, -0.05) is 12.1 Å². The van der Waals surface area contributed by atoms with Gasteiger partial charge >= 0.3 is 0 Å². The van der Waals surface area contributed by atoms with E-state index in [0.29, 0.717) is 40.8 Å². The molecular weight excluding hydrogens is 440 g/mol.